The molecule has 0 saturated carbocycles. The van der Waals surface area contributed by atoms with E-state index in [1.165, 1.54) is 44.1 Å². The van der Waals surface area contributed by atoms with Gasteiger partial charge in [-0.05, 0) is 17.9 Å². The van der Waals surface area contributed by atoms with Crippen molar-refractivity contribution < 1.29 is 0 Å². The largest absolute Gasteiger partial charge is 0.0654 e. The van der Waals surface area contributed by atoms with Crippen LogP contribution in [-0.4, -0.2) is 0 Å². The molecule has 0 aliphatic heterocycles. The predicted octanol–water partition coefficient (Wildman–Crippen LogP) is 4.84. The van der Waals surface area contributed by atoms with E-state index in [1.54, 1.807) is 0 Å². The number of hydrogen-bond donors (Lipinski definition) is 0. The van der Waals surface area contributed by atoms with Gasteiger partial charge in [0.1, 0.15) is 0 Å². The zero-order valence-corrected chi connectivity index (χ0v) is 10.2. The summed E-state index contributed by atoms with van der Waals surface area (Å²) in [4.78, 5) is 0. The van der Waals surface area contributed by atoms with Gasteiger partial charge in [0.2, 0.25) is 0 Å². The highest BCUT2D eigenvalue weighted by atomic mass is 14.1. The van der Waals surface area contributed by atoms with Gasteiger partial charge in [-0.2, -0.15) is 0 Å². The van der Waals surface area contributed by atoms with E-state index in [0.717, 1.165) is 5.92 Å². The summed E-state index contributed by atoms with van der Waals surface area (Å²) >= 11 is 0. The molecule has 1 atom stereocenters. The maximum atomic E-state index is 2.37. The van der Waals surface area contributed by atoms with Gasteiger partial charge in [0.25, 0.3) is 0 Å². The first-order valence-electron chi connectivity index (χ1n) is 6.37. The highest BCUT2D eigenvalue weighted by Gasteiger charge is 2.02. The van der Waals surface area contributed by atoms with Crippen LogP contribution < -0.4 is 0 Å². The first-order chi connectivity index (χ1) is 7.33. The monoisotopic (exact) mass is 204 g/mol. The minimum atomic E-state index is 0.837. The van der Waals surface area contributed by atoms with Crippen molar-refractivity contribution in [1.29, 1.82) is 0 Å². The molecule has 0 unspecified atom stereocenters. The Hall–Kier alpha value is -0.780. The number of unbranched alkanes of at least 4 members (excludes halogenated alkanes) is 3. The van der Waals surface area contributed by atoms with Crippen LogP contribution in [0.4, 0.5) is 0 Å². The van der Waals surface area contributed by atoms with Crippen molar-refractivity contribution in [2.24, 2.45) is 5.92 Å². The lowest BCUT2D eigenvalue weighted by atomic mass is 9.95. The molecule has 1 aromatic carbocycles. The molecule has 0 bridgehead atoms. The Morgan fingerprint density at radius 3 is 2.40 bits per heavy atom. The smallest absolute Gasteiger partial charge is 0.0253 e. The van der Waals surface area contributed by atoms with Crippen molar-refractivity contribution in [3.05, 3.63) is 35.9 Å². The average molecular weight is 204 g/mol. The Labute approximate surface area is 94.7 Å². The topological polar surface area (TPSA) is 0 Å². The van der Waals surface area contributed by atoms with E-state index in [9.17, 15) is 0 Å². The number of benzene rings is 1. The van der Waals surface area contributed by atoms with Crippen LogP contribution in [0.25, 0.3) is 0 Å². The molecule has 84 valence electrons. The maximum Gasteiger partial charge on any atom is -0.0253 e. The van der Waals surface area contributed by atoms with Crippen LogP contribution in [0.2, 0.25) is 0 Å². The average Bonchev–Trinajstić information content (AvgIpc) is 2.26. The van der Waals surface area contributed by atoms with Gasteiger partial charge in [-0.25, -0.2) is 0 Å². The molecule has 0 saturated heterocycles. The first kappa shape index (κ1) is 12.3. The third-order valence-electron chi connectivity index (χ3n) is 2.98. The van der Waals surface area contributed by atoms with Gasteiger partial charge in [-0.15, -0.1) is 0 Å². The molecule has 0 nitrogen and oxygen atoms in total. The second-order valence-corrected chi connectivity index (χ2v) is 4.64. The van der Waals surface area contributed by atoms with Crippen molar-refractivity contribution in [3.63, 3.8) is 0 Å². The quantitative estimate of drug-likeness (QED) is 0.558. The summed E-state index contributed by atoms with van der Waals surface area (Å²) in [5, 5.41) is 0. The highest BCUT2D eigenvalue weighted by Crippen LogP contribution is 2.15. The zero-order chi connectivity index (χ0) is 10.9. The summed E-state index contributed by atoms with van der Waals surface area (Å²) in [5.41, 5.74) is 1.49. The SMILES string of the molecule is CCCCCC[C@@H](C)Cc1ccccc1. The predicted molar refractivity (Wildman–Crippen MR) is 68.1 cm³/mol. The van der Waals surface area contributed by atoms with Gasteiger partial charge in [0, 0.05) is 0 Å². The molecule has 0 aromatic heterocycles. The van der Waals surface area contributed by atoms with Crippen LogP contribution in [0.1, 0.15) is 51.5 Å². The Kier molecular flexibility index (Phi) is 6.15. The van der Waals surface area contributed by atoms with E-state index in [1.807, 2.05) is 0 Å². The summed E-state index contributed by atoms with van der Waals surface area (Å²) in [6, 6.07) is 10.8. The summed E-state index contributed by atoms with van der Waals surface area (Å²) in [6.07, 6.45) is 8.18. The molecule has 0 heterocycles. The highest BCUT2D eigenvalue weighted by molar-refractivity contribution is 5.14. The molecule has 15 heavy (non-hydrogen) atoms. The fraction of sp³-hybridized carbons (Fsp3) is 0.600. The van der Waals surface area contributed by atoms with Crippen molar-refractivity contribution in [2.75, 3.05) is 0 Å². The Morgan fingerprint density at radius 1 is 1.00 bits per heavy atom. The van der Waals surface area contributed by atoms with Crippen LogP contribution in [0, 0.1) is 5.92 Å². The van der Waals surface area contributed by atoms with Gasteiger partial charge in [-0.1, -0.05) is 76.3 Å². The fourth-order valence-corrected chi connectivity index (χ4v) is 2.04. The normalized spacial score (nSPS) is 12.7. The van der Waals surface area contributed by atoms with Gasteiger partial charge in [-0.3, -0.25) is 0 Å². The van der Waals surface area contributed by atoms with E-state index in [-0.39, 0.29) is 0 Å². The lowest BCUT2D eigenvalue weighted by Gasteiger charge is -2.10. The van der Waals surface area contributed by atoms with Gasteiger partial charge < -0.3 is 0 Å². The molecule has 0 radical (unpaired) electrons. The Morgan fingerprint density at radius 2 is 1.73 bits per heavy atom. The van der Waals surface area contributed by atoms with Gasteiger partial charge in [0.15, 0.2) is 0 Å². The number of rotatable bonds is 7. The molecule has 0 heteroatoms. The van der Waals surface area contributed by atoms with Crippen molar-refractivity contribution in [2.45, 2.75) is 52.4 Å². The second-order valence-electron chi connectivity index (χ2n) is 4.64. The van der Waals surface area contributed by atoms with Gasteiger partial charge in [0.05, 0.1) is 0 Å². The van der Waals surface area contributed by atoms with Crippen molar-refractivity contribution in [3.8, 4) is 0 Å². The molecular weight excluding hydrogens is 180 g/mol. The van der Waals surface area contributed by atoms with Crippen molar-refractivity contribution >= 4 is 0 Å². The van der Waals surface area contributed by atoms with Crippen LogP contribution in [0.15, 0.2) is 30.3 Å². The zero-order valence-electron chi connectivity index (χ0n) is 10.2. The molecule has 0 fully saturated rings. The third-order valence-corrected chi connectivity index (χ3v) is 2.98. The van der Waals surface area contributed by atoms with Crippen molar-refractivity contribution in [1.82, 2.24) is 0 Å². The molecule has 0 spiro atoms. The lowest BCUT2D eigenvalue weighted by Crippen LogP contribution is -1.99. The molecule has 0 N–H and O–H groups in total. The molecule has 0 amide bonds. The summed E-state index contributed by atoms with van der Waals surface area (Å²) in [6.45, 7) is 4.65. The fourth-order valence-electron chi connectivity index (χ4n) is 2.04. The molecule has 1 aromatic rings. The van der Waals surface area contributed by atoms with E-state index in [2.05, 4.69) is 44.2 Å². The molecule has 0 aliphatic rings. The van der Waals surface area contributed by atoms with Gasteiger partial charge >= 0.3 is 0 Å². The number of hydrogen-bond acceptors (Lipinski definition) is 0. The lowest BCUT2D eigenvalue weighted by molar-refractivity contribution is 0.487. The van der Waals surface area contributed by atoms with E-state index >= 15 is 0 Å². The third kappa shape index (κ3) is 5.61. The molecule has 0 aliphatic carbocycles. The Balaban J connectivity index is 2.16. The van der Waals surface area contributed by atoms with Crippen LogP contribution in [0.5, 0.6) is 0 Å². The van der Waals surface area contributed by atoms with Crippen LogP contribution >= 0.6 is 0 Å². The summed E-state index contributed by atoms with van der Waals surface area (Å²) in [5.74, 6) is 0.837. The minimum absolute atomic E-state index is 0.837. The molecular formula is C15H24. The molecule has 1 rings (SSSR count). The van der Waals surface area contributed by atoms with E-state index < -0.39 is 0 Å². The van der Waals surface area contributed by atoms with E-state index in [0.29, 0.717) is 0 Å². The maximum absolute atomic E-state index is 2.37. The van der Waals surface area contributed by atoms with Crippen LogP contribution in [-0.2, 0) is 6.42 Å². The summed E-state index contributed by atoms with van der Waals surface area (Å²) in [7, 11) is 0. The van der Waals surface area contributed by atoms with Crippen LogP contribution in [0.3, 0.4) is 0 Å². The summed E-state index contributed by atoms with van der Waals surface area (Å²) < 4.78 is 0. The standard InChI is InChI=1S/C15H24/c1-3-4-5-7-10-14(2)13-15-11-8-6-9-12-15/h6,8-9,11-12,14H,3-5,7,10,13H2,1-2H3/t14-/m1/s1. The first-order valence-corrected chi connectivity index (χ1v) is 6.37. The second kappa shape index (κ2) is 7.50. The minimum Gasteiger partial charge on any atom is -0.0654 e. The Bertz CT molecular complexity index is 237. The van der Waals surface area contributed by atoms with E-state index in [4.69, 9.17) is 0 Å².